The lowest BCUT2D eigenvalue weighted by Crippen LogP contribution is -2.33. The molecule has 1 fully saturated rings. The maximum absolute atomic E-state index is 13.3. The van der Waals surface area contributed by atoms with Gasteiger partial charge in [-0.3, -0.25) is 13.8 Å². The molecular weight excluding hydrogens is 1290 g/mol. The van der Waals surface area contributed by atoms with E-state index < -0.39 is 54.5 Å². The second-order valence-electron chi connectivity index (χ2n) is 22.0. The first-order valence-electron chi connectivity index (χ1n) is 31.9. The molecule has 3 aliphatic heterocycles. The minimum absolute atomic E-state index is 0.00143. The highest BCUT2D eigenvalue weighted by molar-refractivity contribution is 7.91. The molecule has 3 heterocycles. The number of anilines is 1. The van der Waals surface area contributed by atoms with E-state index in [9.17, 15) is 36.3 Å². The zero-order chi connectivity index (χ0) is 68.6. The average Bonchev–Trinajstić information content (AvgIpc) is 1.59. The SMILES string of the molecule is COCCOCCOCCOCCN1C(=CC=CC=CC2=[N+](CCOCCOCCOCCC(=O)ON3C(=O)CCC3=O)c3ccc(S(=O)(=O)CO)cc3C2(C)CCOCCOCCOCCOC)C(C)(CCOCCOCCOCCOC)c2cc(S(=O)(=O)OC)ccc21. The number of allylic oxidation sites excluding steroid dienone is 6. The summed E-state index contributed by atoms with van der Waals surface area (Å²) in [6, 6.07) is 9.81. The number of carbonyl (C=O) groups excluding carboxylic acids is 3. The van der Waals surface area contributed by atoms with E-state index in [4.69, 9.17) is 80.1 Å². The Morgan fingerprint density at radius 1 is 0.526 bits per heavy atom. The second-order valence-corrected chi connectivity index (χ2v) is 25.7. The highest BCUT2D eigenvalue weighted by Gasteiger charge is 2.48. The first-order chi connectivity index (χ1) is 46.0. The van der Waals surface area contributed by atoms with Gasteiger partial charge in [-0.25, -0.2) is 13.2 Å². The highest BCUT2D eigenvalue weighted by atomic mass is 32.2. The molecule has 95 heavy (non-hydrogen) atoms. The van der Waals surface area contributed by atoms with Crippen LogP contribution in [0.1, 0.15) is 57.1 Å². The molecule has 2 aromatic carbocycles. The van der Waals surface area contributed by atoms with Crippen molar-refractivity contribution in [1.29, 1.82) is 0 Å². The predicted molar refractivity (Wildman–Crippen MR) is 346 cm³/mol. The van der Waals surface area contributed by atoms with E-state index in [0.29, 0.717) is 162 Å². The fourth-order valence-electron chi connectivity index (χ4n) is 10.4. The van der Waals surface area contributed by atoms with Crippen LogP contribution in [-0.2, 0) is 125 Å². The number of hydrogen-bond acceptors (Lipinski definition) is 26. The largest absolute Gasteiger partial charge is 0.382 e. The first-order valence-corrected chi connectivity index (χ1v) is 35.0. The van der Waals surface area contributed by atoms with Gasteiger partial charge >= 0.3 is 5.97 Å². The molecule has 0 aromatic heterocycles. The normalized spacial score (nSPS) is 17.9. The van der Waals surface area contributed by atoms with Crippen molar-refractivity contribution in [3.8, 4) is 0 Å². The van der Waals surface area contributed by atoms with Crippen molar-refractivity contribution in [3.63, 3.8) is 0 Å². The van der Waals surface area contributed by atoms with Gasteiger partial charge in [-0.05, 0) is 68.7 Å². The molecule has 5 rings (SSSR count). The van der Waals surface area contributed by atoms with Crippen molar-refractivity contribution < 1.29 is 121 Å². The molecule has 2 amide bonds. The molecule has 536 valence electrons. The number of benzene rings is 2. The van der Waals surface area contributed by atoms with Crippen LogP contribution in [0.4, 0.5) is 11.4 Å². The Morgan fingerprint density at radius 2 is 0.968 bits per heavy atom. The van der Waals surface area contributed by atoms with Crippen LogP contribution in [-0.4, -0.2) is 281 Å². The molecule has 2 aromatic rings. The molecule has 0 spiro atoms. The molecule has 0 saturated carbocycles. The Morgan fingerprint density at radius 3 is 1.46 bits per heavy atom. The van der Waals surface area contributed by atoms with Crippen LogP contribution < -0.4 is 4.90 Å². The molecule has 2 atom stereocenters. The average molecular weight is 1390 g/mol. The van der Waals surface area contributed by atoms with Crippen molar-refractivity contribution >= 4 is 54.8 Å². The van der Waals surface area contributed by atoms with E-state index in [0.717, 1.165) is 35.5 Å². The number of aliphatic hydroxyl groups is 1. The summed E-state index contributed by atoms with van der Waals surface area (Å²) in [5, 5.41) is 10.5. The summed E-state index contributed by atoms with van der Waals surface area (Å²) < 4.78 is 145. The van der Waals surface area contributed by atoms with Gasteiger partial charge in [-0.2, -0.15) is 13.0 Å². The van der Waals surface area contributed by atoms with Crippen LogP contribution >= 0.6 is 0 Å². The number of rotatable bonds is 56. The summed E-state index contributed by atoms with van der Waals surface area (Å²) >= 11 is 0. The maximum atomic E-state index is 13.3. The zero-order valence-corrected chi connectivity index (χ0v) is 57.6. The van der Waals surface area contributed by atoms with Crippen LogP contribution in [0, 0.1) is 0 Å². The van der Waals surface area contributed by atoms with Gasteiger partial charge in [0.15, 0.2) is 12.3 Å². The van der Waals surface area contributed by atoms with Gasteiger partial charge in [-0.1, -0.05) is 18.2 Å². The number of hydroxylamine groups is 2. The molecule has 1 saturated heterocycles. The van der Waals surface area contributed by atoms with E-state index in [1.165, 1.54) is 12.1 Å². The number of ether oxygens (including phenoxy) is 15. The van der Waals surface area contributed by atoms with Crippen molar-refractivity contribution in [2.45, 2.75) is 66.6 Å². The Hall–Kier alpha value is -5.04. The number of aliphatic hydroxyl groups excluding tert-OH is 1. The number of amides is 2. The lowest BCUT2D eigenvalue weighted by Gasteiger charge is -2.30. The zero-order valence-electron chi connectivity index (χ0n) is 56.0. The third kappa shape index (κ3) is 26.6. The summed E-state index contributed by atoms with van der Waals surface area (Å²) in [6.45, 7) is 13.8. The predicted octanol–water partition coefficient (Wildman–Crippen LogP) is 3.79. The van der Waals surface area contributed by atoms with Crippen LogP contribution in [0.5, 0.6) is 0 Å². The molecule has 30 heteroatoms. The Bertz CT molecular complexity index is 2970. The van der Waals surface area contributed by atoms with Gasteiger partial charge in [0.2, 0.25) is 15.5 Å². The minimum atomic E-state index is -4.10. The number of methoxy groups -OCH3 is 3. The topological polar surface area (TPSA) is 306 Å². The van der Waals surface area contributed by atoms with Gasteiger partial charge in [0.25, 0.3) is 21.9 Å². The third-order valence-corrected chi connectivity index (χ3v) is 18.1. The highest BCUT2D eigenvalue weighted by Crippen LogP contribution is 2.51. The summed E-state index contributed by atoms with van der Waals surface area (Å²) in [6.07, 6.45) is 10.3. The van der Waals surface area contributed by atoms with Gasteiger partial charge in [0.1, 0.15) is 12.5 Å². The number of sulfone groups is 1. The molecule has 28 nitrogen and oxygen atoms in total. The quantitative estimate of drug-likeness (QED) is 0.0324. The summed E-state index contributed by atoms with van der Waals surface area (Å²) in [4.78, 5) is 42.6. The monoisotopic (exact) mass is 1390 g/mol. The Labute approximate surface area is 559 Å². The van der Waals surface area contributed by atoms with Crippen molar-refractivity contribution in [2.75, 3.05) is 231 Å². The maximum Gasteiger partial charge on any atom is 0.335 e. The molecular formula is C65H100N3O25S2+. The second kappa shape index (κ2) is 44.8. The molecule has 0 aliphatic carbocycles. The van der Waals surface area contributed by atoms with Gasteiger partial charge < -0.3 is 85.9 Å². The lowest BCUT2D eigenvalue weighted by molar-refractivity contribution is -0.442. The van der Waals surface area contributed by atoms with E-state index in [1.807, 2.05) is 37.3 Å². The molecule has 0 radical (unpaired) electrons. The minimum Gasteiger partial charge on any atom is -0.382 e. The number of imide groups is 1. The standard InChI is InChI=1S/C65H100N3O25S2/c1-64(19-24-82-35-40-90-47-44-86-31-28-77-3)55-50-53(94(73,74)52-69)12-14-57(55)66(21-26-84-37-42-89-39-34-81-23-18-63(72)93-68-61(70)16-17-62(68)71)59(64)10-8-7-9-11-60-65(2,20-25-83-36-41-91-48-45-87-32-29-78-4)56-51-54(95(75,76)80-6)13-15-58(56)67(60)22-27-85-38-43-92-49-46-88-33-30-79-5/h7-15,50-51,69H,16-49,52H2,1-6H3/q+1. The van der Waals surface area contributed by atoms with Gasteiger partial charge in [0, 0.05) is 88.4 Å². The summed E-state index contributed by atoms with van der Waals surface area (Å²) in [5.74, 6) is -2.97. The molecule has 2 unspecified atom stereocenters. The smallest absolute Gasteiger partial charge is 0.335 e. The number of carbonyl (C=O) groups is 3. The van der Waals surface area contributed by atoms with E-state index in [1.54, 1.807) is 45.6 Å². The van der Waals surface area contributed by atoms with Crippen LogP contribution in [0.25, 0.3) is 0 Å². The van der Waals surface area contributed by atoms with E-state index >= 15 is 0 Å². The van der Waals surface area contributed by atoms with E-state index in [-0.39, 0.29) is 81.9 Å². The summed E-state index contributed by atoms with van der Waals surface area (Å²) in [5.41, 5.74) is 2.95. The van der Waals surface area contributed by atoms with Crippen molar-refractivity contribution in [2.24, 2.45) is 0 Å². The molecule has 0 bridgehead atoms. The van der Waals surface area contributed by atoms with E-state index in [2.05, 4.69) is 16.4 Å². The van der Waals surface area contributed by atoms with Gasteiger partial charge in [-0.15, -0.1) is 5.06 Å². The number of nitrogens with zero attached hydrogens (tertiary/aromatic N) is 3. The van der Waals surface area contributed by atoms with Crippen molar-refractivity contribution in [3.05, 3.63) is 83.6 Å². The number of hydrogen-bond donors (Lipinski definition) is 1. The first kappa shape index (κ1) is 80.6. The summed E-state index contributed by atoms with van der Waals surface area (Å²) in [7, 11) is -2.20. The third-order valence-electron chi connectivity index (χ3n) is 15.5. The van der Waals surface area contributed by atoms with Crippen LogP contribution in [0.2, 0.25) is 0 Å². The van der Waals surface area contributed by atoms with Crippen LogP contribution in [0.3, 0.4) is 0 Å². The molecule has 3 aliphatic rings. The van der Waals surface area contributed by atoms with Crippen molar-refractivity contribution in [1.82, 2.24) is 5.06 Å². The molecule has 1 N–H and O–H groups in total. The Balaban J connectivity index is 1.40. The number of fused-ring (bicyclic) bond motifs is 2. The lowest BCUT2D eigenvalue weighted by atomic mass is 9.76. The van der Waals surface area contributed by atoms with Gasteiger partial charge in [0.05, 0.1) is 187 Å². The fraction of sp³-hybridized carbons (Fsp3) is 0.662. The fourth-order valence-corrected chi connectivity index (χ4v) is 11.8. The van der Waals surface area contributed by atoms with Crippen LogP contribution in [0.15, 0.2) is 82.3 Å². The Kier molecular flexibility index (Phi) is 38.0.